The molecule has 0 atom stereocenters. The van der Waals surface area contributed by atoms with Gasteiger partial charge in [-0.2, -0.15) is 13.2 Å². The number of amides is 1. The van der Waals surface area contributed by atoms with Crippen LogP contribution < -0.4 is 10.2 Å². The number of carbonyl (C=O) groups is 1. The van der Waals surface area contributed by atoms with E-state index in [0.29, 0.717) is 31.5 Å². The molecule has 1 aromatic heterocycles. The predicted molar refractivity (Wildman–Crippen MR) is 94.9 cm³/mol. The molecule has 156 valence electrons. The molecule has 10 heteroatoms. The number of hydrogen-bond donors (Lipinski definition) is 1. The van der Waals surface area contributed by atoms with Crippen LogP contribution in [-0.2, 0) is 17.5 Å². The number of aromatic nitrogens is 2. The molecule has 1 aliphatic rings. The van der Waals surface area contributed by atoms with E-state index in [1.807, 2.05) is 0 Å². The van der Waals surface area contributed by atoms with Crippen molar-refractivity contribution in [1.82, 2.24) is 15.3 Å². The van der Waals surface area contributed by atoms with Crippen LogP contribution in [0.3, 0.4) is 0 Å². The normalized spacial score (nSPS) is 15.4. The monoisotopic (exact) mass is 414 g/mol. The van der Waals surface area contributed by atoms with Gasteiger partial charge in [-0.3, -0.25) is 4.79 Å². The largest absolute Gasteiger partial charge is 0.433 e. The zero-order valence-corrected chi connectivity index (χ0v) is 15.6. The predicted octanol–water partition coefficient (Wildman–Crippen LogP) is 3.61. The van der Waals surface area contributed by atoms with Gasteiger partial charge in [0.15, 0.2) is 0 Å². The molecule has 1 fully saturated rings. The summed E-state index contributed by atoms with van der Waals surface area (Å²) in [5.41, 5.74) is -0.688. The van der Waals surface area contributed by atoms with Crippen LogP contribution in [-0.4, -0.2) is 29.0 Å². The van der Waals surface area contributed by atoms with Crippen LogP contribution >= 0.6 is 0 Å². The molecule has 0 aliphatic carbocycles. The van der Waals surface area contributed by atoms with Crippen molar-refractivity contribution < 1.29 is 26.7 Å². The molecular weight excluding hydrogens is 395 g/mol. The van der Waals surface area contributed by atoms with Crippen LogP contribution in [0, 0.1) is 24.5 Å². The Hall–Kier alpha value is -2.78. The quantitative estimate of drug-likeness (QED) is 0.777. The van der Waals surface area contributed by atoms with Crippen molar-refractivity contribution >= 4 is 11.7 Å². The Morgan fingerprint density at radius 1 is 1.10 bits per heavy atom. The Balaban J connectivity index is 1.57. The molecule has 5 nitrogen and oxygen atoms in total. The molecule has 0 spiro atoms. The first kappa shape index (κ1) is 20.9. The van der Waals surface area contributed by atoms with Gasteiger partial charge in [0.1, 0.15) is 29.0 Å². The first-order chi connectivity index (χ1) is 13.6. The Labute approximate surface area is 164 Å². The van der Waals surface area contributed by atoms with Crippen LogP contribution in [0.25, 0.3) is 0 Å². The van der Waals surface area contributed by atoms with E-state index in [0.717, 1.165) is 24.3 Å². The third kappa shape index (κ3) is 5.39. The molecule has 29 heavy (non-hydrogen) atoms. The number of alkyl halides is 3. The van der Waals surface area contributed by atoms with Crippen LogP contribution in [0.5, 0.6) is 0 Å². The van der Waals surface area contributed by atoms with Crippen molar-refractivity contribution in [3.05, 3.63) is 53.0 Å². The van der Waals surface area contributed by atoms with Crippen molar-refractivity contribution in [2.24, 2.45) is 5.92 Å². The van der Waals surface area contributed by atoms with Gasteiger partial charge in [0.2, 0.25) is 5.91 Å². The van der Waals surface area contributed by atoms with Gasteiger partial charge < -0.3 is 10.2 Å². The summed E-state index contributed by atoms with van der Waals surface area (Å²) in [6.45, 7) is 2.11. The molecule has 0 radical (unpaired) electrons. The van der Waals surface area contributed by atoms with Gasteiger partial charge in [0.25, 0.3) is 0 Å². The summed E-state index contributed by atoms with van der Waals surface area (Å²) in [5.74, 6) is -1.84. The molecule has 0 saturated carbocycles. The Bertz CT molecular complexity index is 874. The second-order valence-electron chi connectivity index (χ2n) is 6.91. The molecule has 1 amide bonds. The van der Waals surface area contributed by atoms with Crippen LogP contribution in [0.2, 0.25) is 0 Å². The van der Waals surface area contributed by atoms with E-state index in [-0.39, 0.29) is 30.0 Å². The summed E-state index contributed by atoms with van der Waals surface area (Å²) in [4.78, 5) is 21.5. The Morgan fingerprint density at radius 3 is 2.31 bits per heavy atom. The average Bonchev–Trinajstić information content (AvgIpc) is 2.64. The highest BCUT2D eigenvalue weighted by atomic mass is 19.4. The molecule has 1 N–H and O–H groups in total. The summed E-state index contributed by atoms with van der Waals surface area (Å²) >= 11 is 0. The number of benzene rings is 1. The second-order valence-corrected chi connectivity index (χ2v) is 6.91. The number of carbonyl (C=O) groups excluding carboxylic acids is 1. The highest BCUT2D eigenvalue weighted by Crippen LogP contribution is 2.31. The zero-order chi connectivity index (χ0) is 21.2. The average molecular weight is 414 g/mol. The maximum Gasteiger partial charge on any atom is 0.433 e. The minimum absolute atomic E-state index is 0.00618. The molecular formula is C19H19F5N4O. The molecule has 3 rings (SSSR count). The minimum Gasteiger partial charge on any atom is -0.356 e. The Kier molecular flexibility index (Phi) is 5.99. The number of nitrogens with zero attached hydrogens (tertiary/aromatic N) is 3. The number of halogens is 5. The third-order valence-electron chi connectivity index (χ3n) is 4.69. The second kappa shape index (κ2) is 8.30. The molecule has 1 saturated heterocycles. The molecule has 0 bridgehead atoms. The van der Waals surface area contributed by atoms with E-state index < -0.39 is 23.5 Å². The van der Waals surface area contributed by atoms with E-state index in [4.69, 9.17) is 0 Å². The smallest absolute Gasteiger partial charge is 0.356 e. The van der Waals surface area contributed by atoms with Gasteiger partial charge in [-0.05, 0) is 37.5 Å². The third-order valence-corrected chi connectivity index (χ3v) is 4.69. The summed E-state index contributed by atoms with van der Waals surface area (Å²) in [5, 5.41) is 2.65. The van der Waals surface area contributed by atoms with E-state index in [9.17, 15) is 26.7 Å². The van der Waals surface area contributed by atoms with Gasteiger partial charge in [-0.25, -0.2) is 18.7 Å². The van der Waals surface area contributed by atoms with E-state index >= 15 is 0 Å². The van der Waals surface area contributed by atoms with Gasteiger partial charge in [0, 0.05) is 37.7 Å². The van der Waals surface area contributed by atoms with Crippen molar-refractivity contribution in [3.63, 3.8) is 0 Å². The molecule has 2 heterocycles. The maximum atomic E-state index is 13.2. The van der Waals surface area contributed by atoms with Crippen molar-refractivity contribution in [1.29, 1.82) is 0 Å². The molecule has 2 aromatic rings. The zero-order valence-electron chi connectivity index (χ0n) is 15.6. The highest BCUT2D eigenvalue weighted by molar-refractivity contribution is 5.79. The fourth-order valence-corrected chi connectivity index (χ4v) is 3.28. The lowest BCUT2D eigenvalue weighted by Crippen LogP contribution is -2.40. The first-order valence-corrected chi connectivity index (χ1v) is 9.02. The first-order valence-electron chi connectivity index (χ1n) is 9.02. The fraction of sp³-hybridized carbons (Fsp3) is 0.421. The Morgan fingerprint density at radius 2 is 1.72 bits per heavy atom. The SMILES string of the molecule is Cc1nc(N2CCC(C(=O)NCc3cc(F)cc(F)c3)CC2)cc(C(F)(F)F)n1. The van der Waals surface area contributed by atoms with E-state index in [1.54, 1.807) is 4.90 Å². The summed E-state index contributed by atoms with van der Waals surface area (Å²) < 4.78 is 65.3. The molecule has 1 aliphatic heterocycles. The number of aryl methyl sites for hydroxylation is 1. The molecule has 1 aromatic carbocycles. The van der Waals surface area contributed by atoms with E-state index in [2.05, 4.69) is 15.3 Å². The topological polar surface area (TPSA) is 58.1 Å². The van der Waals surface area contributed by atoms with Crippen LogP contribution in [0.15, 0.2) is 24.3 Å². The number of nitrogens with one attached hydrogen (secondary N) is 1. The van der Waals surface area contributed by atoms with Gasteiger partial charge in [0.05, 0.1) is 0 Å². The fourth-order valence-electron chi connectivity index (χ4n) is 3.28. The standard InChI is InChI=1S/C19H19F5N4O/c1-11-26-16(19(22,23)24)9-17(27-11)28-4-2-13(3-5-28)18(29)25-10-12-6-14(20)8-15(21)7-12/h6-9,13H,2-5,10H2,1H3,(H,25,29). The lowest BCUT2D eigenvalue weighted by molar-refractivity contribution is -0.141. The van der Waals surface area contributed by atoms with Crippen LogP contribution in [0.4, 0.5) is 27.8 Å². The minimum atomic E-state index is -4.56. The summed E-state index contributed by atoms with van der Waals surface area (Å²) in [7, 11) is 0. The lowest BCUT2D eigenvalue weighted by Gasteiger charge is -2.32. The van der Waals surface area contributed by atoms with Gasteiger partial charge in [-0.1, -0.05) is 0 Å². The lowest BCUT2D eigenvalue weighted by atomic mass is 9.95. The number of hydrogen-bond acceptors (Lipinski definition) is 4. The maximum absolute atomic E-state index is 13.2. The molecule has 0 unspecified atom stereocenters. The van der Waals surface area contributed by atoms with Crippen molar-refractivity contribution in [3.8, 4) is 0 Å². The van der Waals surface area contributed by atoms with Crippen molar-refractivity contribution in [2.45, 2.75) is 32.5 Å². The highest BCUT2D eigenvalue weighted by Gasteiger charge is 2.34. The van der Waals surface area contributed by atoms with Crippen LogP contribution in [0.1, 0.15) is 29.9 Å². The van der Waals surface area contributed by atoms with Crippen molar-refractivity contribution in [2.75, 3.05) is 18.0 Å². The van der Waals surface area contributed by atoms with Gasteiger partial charge >= 0.3 is 6.18 Å². The van der Waals surface area contributed by atoms with E-state index in [1.165, 1.54) is 6.92 Å². The number of rotatable bonds is 4. The summed E-state index contributed by atoms with van der Waals surface area (Å²) in [6.07, 6.45) is -3.71. The number of piperidine rings is 1. The van der Waals surface area contributed by atoms with Gasteiger partial charge in [-0.15, -0.1) is 0 Å². The summed E-state index contributed by atoms with van der Waals surface area (Å²) in [6, 6.07) is 3.94. The number of anilines is 1.